The number of benzene rings is 2. The van der Waals surface area contributed by atoms with E-state index in [4.69, 9.17) is 10.5 Å². The Labute approximate surface area is 105 Å². The molecule has 3 N–H and O–H groups in total. The zero-order valence-corrected chi connectivity index (χ0v) is 9.77. The molecule has 0 saturated carbocycles. The first-order valence-electron chi connectivity index (χ1n) is 5.59. The van der Waals surface area contributed by atoms with Gasteiger partial charge in [0.05, 0.1) is 6.61 Å². The van der Waals surface area contributed by atoms with Gasteiger partial charge >= 0.3 is 0 Å². The van der Waals surface area contributed by atoms with Crippen LogP contribution in [0.3, 0.4) is 0 Å². The van der Waals surface area contributed by atoms with Crippen LogP contribution >= 0.6 is 0 Å². The Morgan fingerprint density at radius 2 is 1.78 bits per heavy atom. The number of nitrogens with two attached hydrogens (primary N) is 1. The molecule has 0 atom stereocenters. The monoisotopic (exact) mass is 247 g/mol. The second-order valence-electron chi connectivity index (χ2n) is 3.82. The molecule has 0 radical (unpaired) electrons. The molecule has 4 heteroatoms. The van der Waals surface area contributed by atoms with E-state index in [0.717, 1.165) is 0 Å². The summed E-state index contributed by atoms with van der Waals surface area (Å²) in [5.74, 6) is 0.694. The van der Waals surface area contributed by atoms with Gasteiger partial charge < -0.3 is 15.6 Å². The van der Waals surface area contributed by atoms with Gasteiger partial charge in [-0.25, -0.2) is 4.39 Å². The predicted octanol–water partition coefficient (Wildman–Crippen LogP) is 2.57. The van der Waals surface area contributed by atoms with Gasteiger partial charge in [-0.2, -0.15) is 0 Å². The zero-order valence-electron chi connectivity index (χ0n) is 9.77. The minimum Gasteiger partial charge on any atom is -0.457 e. The van der Waals surface area contributed by atoms with Gasteiger partial charge in [-0.15, -0.1) is 0 Å². The van der Waals surface area contributed by atoms with Crippen molar-refractivity contribution in [3.63, 3.8) is 0 Å². The number of hydrogen-bond donors (Lipinski definition) is 2. The van der Waals surface area contributed by atoms with Crippen molar-refractivity contribution in [1.82, 2.24) is 0 Å². The van der Waals surface area contributed by atoms with Gasteiger partial charge in [-0.05, 0) is 24.3 Å². The molecule has 0 unspecified atom stereocenters. The largest absolute Gasteiger partial charge is 0.457 e. The first-order valence-corrected chi connectivity index (χ1v) is 5.59. The lowest BCUT2D eigenvalue weighted by Gasteiger charge is -2.12. The molecule has 0 aliphatic carbocycles. The van der Waals surface area contributed by atoms with Crippen LogP contribution < -0.4 is 10.5 Å². The summed E-state index contributed by atoms with van der Waals surface area (Å²) in [6.45, 7) is 0.0731. The fourth-order valence-electron chi connectivity index (χ4n) is 1.66. The third-order valence-electron chi connectivity index (χ3n) is 2.61. The van der Waals surface area contributed by atoms with Crippen molar-refractivity contribution in [3.05, 3.63) is 59.4 Å². The Kier molecular flexibility index (Phi) is 3.92. The number of halogens is 1. The van der Waals surface area contributed by atoms with E-state index in [1.165, 1.54) is 18.2 Å². The highest BCUT2D eigenvalue weighted by molar-refractivity contribution is 5.41. The minimum atomic E-state index is -0.349. The average Bonchev–Trinajstić information content (AvgIpc) is 2.41. The molecule has 2 rings (SSSR count). The fourth-order valence-corrected chi connectivity index (χ4v) is 1.66. The molecule has 0 heterocycles. The summed E-state index contributed by atoms with van der Waals surface area (Å²) in [6, 6.07) is 11.3. The molecular weight excluding hydrogens is 233 g/mol. The number of aliphatic hydroxyl groups excluding tert-OH is 1. The van der Waals surface area contributed by atoms with Crippen molar-refractivity contribution in [2.24, 2.45) is 5.73 Å². The Morgan fingerprint density at radius 3 is 2.50 bits per heavy atom. The molecule has 0 fully saturated rings. The Morgan fingerprint density at radius 1 is 1.06 bits per heavy atom. The van der Waals surface area contributed by atoms with Gasteiger partial charge in [0.2, 0.25) is 0 Å². The van der Waals surface area contributed by atoms with Crippen molar-refractivity contribution < 1.29 is 14.2 Å². The van der Waals surface area contributed by atoms with E-state index < -0.39 is 0 Å². The number of rotatable bonds is 4. The second-order valence-corrected chi connectivity index (χ2v) is 3.82. The van der Waals surface area contributed by atoms with Gasteiger partial charge in [0.1, 0.15) is 17.3 Å². The molecule has 0 aliphatic rings. The topological polar surface area (TPSA) is 55.5 Å². The molecule has 3 nitrogen and oxygen atoms in total. The first-order chi connectivity index (χ1) is 8.74. The molecule has 0 bridgehead atoms. The normalized spacial score (nSPS) is 10.4. The van der Waals surface area contributed by atoms with Crippen LogP contribution in [0.5, 0.6) is 11.5 Å². The third kappa shape index (κ3) is 2.67. The Balaban J connectivity index is 2.33. The van der Waals surface area contributed by atoms with E-state index in [1.807, 2.05) is 6.07 Å². The first kappa shape index (κ1) is 12.5. The summed E-state index contributed by atoms with van der Waals surface area (Å²) >= 11 is 0. The summed E-state index contributed by atoms with van der Waals surface area (Å²) in [7, 11) is 0. The Bertz CT molecular complexity index is 543. The summed E-state index contributed by atoms with van der Waals surface area (Å²) in [4.78, 5) is 0. The molecule has 2 aromatic rings. The number of ether oxygens (including phenoxy) is 1. The molecule has 0 aromatic heterocycles. The van der Waals surface area contributed by atoms with Crippen LogP contribution in [-0.4, -0.2) is 5.11 Å². The zero-order chi connectivity index (χ0) is 13.0. The van der Waals surface area contributed by atoms with Crippen LogP contribution in [0.2, 0.25) is 0 Å². The lowest BCUT2D eigenvalue weighted by Crippen LogP contribution is -2.01. The highest BCUT2D eigenvalue weighted by atomic mass is 19.1. The van der Waals surface area contributed by atoms with E-state index in [9.17, 15) is 9.50 Å². The van der Waals surface area contributed by atoms with E-state index in [1.54, 1.807) is 18.2 Å². The molecule has 0 saturated heterocycles. The minimum absolute atomic E-state index is 0.116. The standard InChI is InChI=1S/C14H14FNO2/c15-12-5-6-14(11(7-12)8-16)18-13-4-2-1-3-10(13)9-17/h1-7,17H,8-9,16H2. The maximum atomic E-state index is 13.1. The van der Waals surface area contributed by atoms with Gasteiger partial charge in [0.25, 0.3) is 0 Å². The van der Waals surface area contributed by atoms with Crippen molar-refractivity contribution in [2.75, 3.05) is 0 Å². The summed E-state index contributed by atoms with van der Waals surface area (Å²) in [5.41, 5.74) is 6.80. The maximum absolute atomic E-state index is 13.1. The van der Waals surface area contributed by atoms with Crippen molar-refractivity contribution in [1.29, 1.82) is 0 Å². The molecule has 2 aromatic carbocycles. The van der Waals surface area contributed by atoms with Crippen LogP contribution in [0.15, 0.2) is 42.5 Å². The highest BCUT2D eigenvalue weighted by Crippen LogP contribution is 2.28. The summed E-state index contributed by atoms with van der Waals surface area (Å²) in [5, 5.41) is 9.20. The lowest BCUT2D eigenvalue weighted by molar-refractivity contribution is 0.276. The summed E-state index contributed by atoms with van der Waals surface area (Å²) < 4.78 is 18.7. The number of hydrogen-bond acceptors (Lipinski definition) is 3. The molecule has 0 spiro atoms. The van der Waals surface area contributed by atoms with Crippen LogP contribution in [0.25, 0.3) is 0 Å². The smallest absolute Gasteiger partial charge is 0.132 e. The van der Waals surface area contributed by atoms with Gasteiger partial charge in [0, 0.05) is 17.7 Å². The van der Waals surface area contributed by atoms with Gasteiger partial charge in [0.15, 0.2) is 0 Å². The Hall–Kier alpha value is -1.91. The SMILES string of the molecule is NCc1cc(F)ccc1Oc1ccccc1CO. The van der Waals surface area contributed by atoms with E-state index in [0.29, 0.717) is 22.6 Å². The van der Waals surface area contributed by atoms with E-state index >= 15 is 0 Å². The second kappa shape index (κ2) is 5.62. The van der Waals surface area contributed by atoms with Crippen LogP contribution in [0, 0.1) is 5.82 Å². The quantitative estimate of drug-likeness (QED) is 0.873. The van der Waals surface area contributed by atoms with Gasteiger partial charge in [-0.1, -0.05) is 18.2 Å². The molecule has 94 valence electrons. The van der Waals surface area contributed by atoms with Crippen molar-refractivity contribution in [3.8, 4) is 11.5 Å². The molecular formula is C14H14FNO2. The van der Waals surface area contributed by atoms with Crippen molar-refractivity contribution in [2.45, 2.75) is 13.2 Å². The number of aliphatic hydroxyl groups is 1. The van der Waals surface area contributed by atoms with Crippen LogP contribution in [0.4, 0.5) is 4.39 Å². The van der Waals surface area contributed by atoms with E-state index in [-0.39, 0.29) is 19.0 Å². The third-order valence-corrected chi connectivity index (χ3v) is 2.61. The molecule has 18 heavy (non-hydrogen) atoms. The lowest BCUT2D eigenvalue weighted by atomic mass is 10.2. The number of para-hydroxylation sites is 1. The summed E-state index contributed by atoms with van der Waals surface area (Å²) in [6.07, 6.45) is 0. The predicted molar refractivity (Wildman–Crippen MR) is 66.7 cm³/mol. The average molecular weight is 247 g/mol. The van der Waals surface area contributed by atoms with Crippen molar-refractivity contribution >= 4 is 0 Å². The fraction of sp³-hybridized carbons (Fsp3) is 0.143. The highest BCUT2D eigenvalue weighted by Gasteiger charge is 2.08. The van der Waals surface area contributed by atoms with Gasteiger partial charge in [-0.3, -0.25) is 0 Å². The van der Waals surface area contributed by atoms with Crippen LogP contribution in [-0.2, 0) is 13.2 Å². The van der Waals surface area contributed by atoms with E-state index in [2.05, 4.69) is 0 Å². The molecule has 0 aliphatic heterocycles. The van der Waals surface area contributed by atoms with Crippen LogP contribution in [0.1, 0.15) is 11.1 Å². The maximum Gasteiger partial charge on any atom is 0.132 e. The molecule has 0 amide bonds.